The summed E-state index contributed by atoms with van der Waals surface area (Å²) in [5.74, 6) is 0.841. The lowest BCUT2D eigenvalue weighted by Gasteiger charge is -2.42. The molecule has 522 valence electrons. The van der Waals surface area contributed by atoms with E-state index in [0.29, 0.717) is 84.6 Å². The highest BCUT2D eigenvalue weighted by atomic mass is 32.2. The number of piperazine rings is 1. The summed E-state index contributed by atoms with van der Waals surface area (Å²) in [6.45, 7) is 12.6. The number of fused-ring (bicyclic) bond motifs is 6. The molecule has 2 amide bonds. The number of likely N-dealkylation sites (tertiary alicyclic amines) is 1. The summed E-state index contributed by atoms with van der Waals surface area (Å²) in [6, 6.07) is 21.3. The predicted molar refractivity (Wildman–Crippen MR) is 364 cm³/mol. The number of rotatable bonds is 23. The minimum Gasteiger partial charge on any atom is -0.489 e. The summed E-state index contributed by atoms with van der Waals surface area (Å²) in [6.07, 6.45) is 8.94. The van der Waals surface area contributed by atoms with E-state index in [1.807, 2.05) is 81.8 Å². The molecule has 99 heavy (non-hydrogen) atoms. The van der Waals surface area contributed by atoms with Gasteiger partial charge in [-0.15, -0.1) is 11.5 Å². The van der Waals surface area contributed by atoms with Gasteiger partial charge in [-0.2, -0.15) is 14.3 Å². The Labute approximate surface area is 573 Å². The minimum absolute atomic E-state index is 0.0454. The maximum atomic E-state index is 17.9. The van der Waals surface area contributed by atoms with Crippen molar-refractivity contribution >= 4 is 66.5 Å². The van der Waals surface area contributed by atoms with Crippen LogP contribution in [0.25, 0.3) is 44.0 Å². The lowest BCUT2D eigenvalue weighted by atomic mass is 9.86. The normalized spacial score (nSPS) is 19.5. The average molecular weight is 1380 g/mol. The van der Waals surface area contributed by atoms with Crippen molar-refractivity contribution in [3.63, 3.8) is 0 Å². The summed E-state index contributed by atoms with van der Waals surface area (Å²) >= 11 is 0. The number of nitrogens with zero attached hydrogens (tertiary/aromatic N) is 10. The first-order chi connectivity index (χ1) is 47.5. The van der Waals surface area contributed by atoms with E-state index >= 15 is 8.78 Å². The number of amides is 2. The molecule has 0 saturated carbocycles. The molecular weight excluding hydrogens is 1300 g/mol. The monoisotopic (exact) mass is 1380 g/mol. The molecule has 8 aromatic rings. The zero-order valence-corrected chi connectivity index (χ0v) is 57.8. The summed E-state index contributed by atoms with van der Waals surface area (Å²) in [7, 11) is 1.09. The van der Waals surface area contributed by atoms with Crippen LogP contribution in [-0.4, -0.2) is 186 Å². The van der Waals surface area contributed by atoms with Crippen LogP contribution in [0.15, 0.2) is 90.0 Å². The van der Waals surface area contributed by atoms with Gasteiger partial charge >= 0.3 is 18.1 Å². The van der Waals surface area contributed by atoms with Gasteiger partial charge in [0.15, 0.2) is 12.6 Å². The lowest BCUT2D eigenvalue weighted by Crippen LogP contribution is -2.58. The highest BCUT2D eigenvalue weighted by molar-refractivity contribution is 7.89. The average Bonchev–Trinajstić information content (AvgIpc) is 0.842. The molecule has 5 aromatic carbocycles. The molecule has 3 saturated heterocycles. The first-order valence-corrected chi connectivity index (χ1v) is 34.6. The molecule has 4 aliphatic rings. The number of carbonyl (C=O) groups excluding carboxylic acids is 3. The van der Waals surface area contributed by atoms with Gasteiger partial charge in [0, 0.05) is 63.4 Å². The van der Waals surface area contributed by atoms with Crippen molar-refractivity contribution in [2.45, 2.75) is 120 Å². The van der Waals surface area contributed by atoms with E-state index in [0.717, 1.165) is 16.7 Å². The number of benzene rings is 5. The molecule has 4 aliphatic heterocycles. The van der Waals surface area contributed by atoms with Gasteiger partial charge in [0.1, 0.15) is 86.5 Å². The van der Waals surface area contributed by atoms with Crippen molar-refractivity contribution < 1.29 is 69.5 Å². The third kappa shape index (κ3) is 14.3. The molecule has 1 unspecified atom stereocenters. The fourth-order valence-electron chi connectivity index (χ4n) is 13.9. The van der Waals surface area contributed by atoms with E-state index in [1.54, 1.807) is 53.9 Å². The zero-order valence-electron chi connectivity index (χ0n) is 56.9. The third-order valence-corrected chi connectivity index (χ3v) is 20.5. The molecule has 0 radical (unpaired) electrons. The predicted octanol–water partition coefficient (Wildman–Crippen LogP) is 9.38. The van der Waals surface area contributed by atoms with E-state index < -0.39 is 56.9 Å². The second-order valence-electron chi connectivity index (χ2n) is 26.5. The number of para-hydroxylation sites is 1. The van der Waals surface area contributed by atoms with Crippen LogP contribution in [0.1, 0.15) is 100 Å². The van der Waals surface area contributed by atoms with Crippen molar-refractivity contribution in [3.8, 4) is 46.9 Å². The fraction of sp³-hybridized carbons (Fsp3) is 0.444. The number of nitrogens with one attached hydrogen (secondary N) is 1. The summed E-state index contributed by atoms with van der Waals surface area (Å²) in [5, 5.41) is 12.7. The van der Waals surface area contributed by atoms with E-state index in [4.69, 9.17) is 54.3 Å². The van der Waals surface area contributed by atoms with E-state index in [2.05, 4.69) is 26.5 Å². The van der Waals surface area contributed by atoms with Crippen molar-refractivity contribution in [1.82, 2.24) is 49.4 Å². The number of esters is 1. The number of terminal acetylenes is 1. The number of anilines is 1. The van der Waals surface area contributed by atoms with Crippen LogP contribution >= 0.6 is 0 Å². The van der Waals surface area contributed by atoms with Gasteiger partial charge in [0.25, 0.3) is 0 Å². The Morgan fingerprint density at radius 1 is 0.929 bits per heavy atom. The number of aromatic nitrogens is 6. The minimum atomic E-state index is -3.95. The standard InChI is InChI=1S/C72H81F2N11O13S/c1-11-52-56(73)23-20-46-31-51(96-42-91-10)34-54(62(46)52)64-63(74)65-55(36-76-64)67(83-39-49-21-22-50(40-83)85(49)70(88)98-71(5,6)7)78-69(77-65)95-41-72(24-15-26-81(72)8)68(87)75-25-27-92-28-29-94-59-33-47(32-57-66(59)82(9)80-79-57)53(35-61(86)93-12-2)45-19-18-43(3)48(30-45)38-84-37-44(4)97-58-16-13-14-17-60(58)99(84,89)90/h1,13-14,16-20,23,30-34,36,44,49-50,53H,12,15,21-22,24-29,35,37-42H2,2-10H3,(H,75,87)/t44-,49-,50+,53?,72+/m1/s1. The number of hydrogen-bond donors (Lipinski definition) is 1. The maximum absolute atomic E-state index is 17.9. The fourth-order valence-corrected chi connectivity index (χ4v) is 15.5. The van der Waals surface area contributed by atoms with E-state index in [1.165, 1.54) is 35.8 Å². The molecule has 3 fully saturated rings. The number of aryl methyl sites for hydroxylation is 2. The van der Waals surface area contributed by atoms with E-state index in [9.17, 15) is 22.8 Å². The second-order valence-corrected chi connectivity index (χ2v) is 28.4. The highest BCUT2D eigenvalue weighted by Gasteiger charge is 2.48. The number of hydrogen-bond acceptors (Lipinski definition) is 20. The van der Waals surface area contributed by atoms with Gasteiger partial charge in [-0.1, -0.05) is 47.5 Å². The number of likely N-dealkylation sites (N-methyl/N-ethyl adjacent to an activating group) is 1. The second kappa shape index (κ2) is 28.9. The molecule has 24 nitrogen and oxygen atoms in total. The van der Waals surface area contributed by atoms with Crippen LogP contribution in [-0.2, 0) is 52.2 Å². The SMILES string of the molecule is C#Cc1c(F)ccc2cc(OCOC)cc(-c3ncc4c(N5C[C@H]6CC[C@@H](C5)N6C(=O)OC(C)(C)C)nc(OC[C@]5(C(=O)NCCOCCOc6cc(C(CC(=O)OCC)c7ccc(C)c(CN8C[C@@H](C)Oc9ccccc9S8(=O)=O)c7)cc7nnn(C)c67)CCCN5C)nc4c3F)c12. The Balaban J connectivity index is 0.756. The molecule has 7 heterocycles. The number of sulfonamides is 1. The summed E-state index contributed by atoms with van der Waals surface area (Å²) in [4.78, 5) is 61.8. The first kappa shape index (κ1) is 69.6. The van der Waals surface area contributed by atoms with Gasteiger partial charge in [-0.25, -0.2) is 26.7 Å². The molecule has 27 heteroatoms. The summed E-state index contributed by atoms with van der Waals surface area (Å²) in [5.41, 5.74) is 1.89. The molecule has 12 rings (SSSR count). The Kier molecular flexibility index (Phi) is 20.3. The highest BCUT2D eigenvalue weighted by Crippen LogP contribution is 2.43. The van der Waals surface area contributed by atoms with Crippen LogP contribution in [0.4, 0.5) is 19.4 Å². The van der Waals surface area contributed by atoms with Crippen molar-refractivity contribution in [1.29, 1.82) is 0 Å². The van der Waals surface area contributed by atoms with Crippen LogP contribution in [0.5, 0.6) is 23.3 Å². The Hall–Kier alpha value is -9.33. The number of ether oxygens (including phenoxy) is 8. The van der Waals surface area contributed by atoms with Crippen LogP contribution in [0, 0.1) is 30.9 Å². The lowest BCUT2D eigenvalue weighted by molar-refractivity contribution is -0.143. The van der Waals surface area contributed by atoms with Crippen LogP contribution in [0.3, 0.4) is 0 Å². The number of carbonyl (C=O) groups is 3. The molecular formula is C72H81F2N11O13S. The molecule has 0 spiro atoms. The van der Waals surface area contributed by atoms with Gasteiger partial charge in [0.05, 0.1) is 55.8 Å². The van der Waals surface area contributed by atoms with Gasteiger partial charge in [-0.3, -0.25) is 24.4 Å². The quantitative estimate of drug-likeness (QED) is 0.0271. The number of methoxy groups -OCH3 is 1. The van der Waals surface area contributed by atoms with Crippen molar-refractivity contribution in [3.05, 3.63) is 125 Å². The molecule has 0 aliphatic carbocycles. The molecule has 1 N–H and O–H groups in total. The third-order valence-electron chi connectivity index (χ3n) is 18.7. The molecule has 3 aromatic heterocycles. The summed E-state index contributed by atoms with van der Waals surface area (Å²) < 4.78 is 112. The molecule has 5 atom stereocenters. The van der Waals surface area contributed by atoms with E-state index in [-0.39, 0.29) is 134 Å². The van der Waals surface area contributed by atoms with Crippen molar-refractivity contribution in [2.75, 3.05) is 91.6 Å². The van der Waals surface area contributed by atoms with Crippen molar-refractivity contribution in [2.24, 2.45) is 7.05 Å². The Morgan fingerprint density at radius 3 is 2.45 bits per heavy atom. The Morgan fingerprint density at radius 2 is 1.72 bits per heavy atom. The van der Waals surface area contributed by atoms with Crippen LogP contribution < -0.4 is 29.2 Å². The van der Waals surface area contributed by atoms with Gasteiger partial charge < -0.3 is 48.1 Å². The largest absolute Gasteiger partial charge is 0.489 e. The van der Waals surface area contributed by atoms with Crippen LogP contribution in [0.2, 0.25) is 0 Å². The Bertz CT molecular complexity index is 4550. The maximum Gasteiger partial charge on any atom is 0.410 e. The topological polar surface area (TPSA) is 254 Å². The number of pyridine rings is 1. The smallest absolute Gasteiger partial charge is 0.410 e. The first-order valence-electron chi connectivity index (χ1n) is 33.1. The van der Waals surface area contributed by atoms with Gasteiger partial charge in [0.2, 0.25) is 15.9 Å². The van der Waals surface area contributed by atoms with Gasteiger partial charge in [-0.05, 0) is 151 Å². The number of halogens is 2. The molecule has 2 bridgehead atoms. The zero-order chi connectivity index (χ0) is 70.1.